The van der Waals surface area contributed by atoms with Gasteiger partial charge in [0.05, 0.1) is 18.9 Å². The molecule has 1 rings (SSSR count). The number of ether oxygens (including phenoxy) is 1. The van der Waals surface area contributed by atoms with Crippen LogP contribution in [-0.4, -0.2) is 29.3 Å². The van der Waals surface area contributed by atoms with Gasteiger partial charge in [-0.15, -0.1) is 0 Å². The van der Waals surface area contributed by atoms with Crippen molar-refractivity contribution in [2.75, 3.05) is 12.4 Å². The molecule has 0 heterocycles. The fraction of sp³-hybridized carbons (Fsp3) is 0.167. The Bertz CT molecular complexity index is 507. The standard InChI is InChI=1S/C12H13NO5/c1-7-3-4-8(10(5-7)18-2)13-9(12(16)17)6-11(14)15/h3-6,13H,1-2H3,(H,14,15)(H,16,17). The molecule has 0 aromatic heterocycles. The Hall–Kier alpha value is -2.50. The molecule has 0 atom stereocenters. The summed E-state index contributed by atoms with van der Waals surface area (Å²) in [6.45, 7) is 1.86. The number of benzene rings is 1. The van der Waals surface area contributed by atoms with Crippen molar-refractivity contribution < 1.29 is 24.5 Å². The first-order valence-corrected chi connectivity index (χ1v) is 5.03. The Labute approximate surface area is 104 Å². The third kappa shape index (κ3) is 3.51. The summed E-state index contributed by atoms with van der Waals surface area (Å²) < 4.78 is 5.08. The zero-order chi connectivity index (χ0) is 13.7. The maximum Gasteiger partial charge on any atom is 0.352 e. The van der Waals surface area contributed by atoms with E-state index in [1.165, 1.54) is 7.11 Å². The minimum atomic E-state index is -1.36. The quantitative estimate of drug-likeness (QED) is 0.686. The molecule has 0 unspecified atom stereocenters. The van der Waals surface area contributed by atoms with E-state index in [0.717, 1.165) is 5.56 Å². The number of methoxy groups -OCH3 is 1. The minimum Gasteiger partial charge on any atom is -0.495 e. The van der Waals surface area contributed by atoms with E-state index in [0.29, 0.717) is 17.5 Å². The van der Waals surface area contributed by atoms with E-state index in [-0.39, 0.29) is 0 Å². The molecule has 0 aliphatic rings. The number of carboxylic acid groups (broad SMARTS) is 2. The summed E-state index contributed by atoms with van der Waals surface area (Å²) in [6, 6.07) is 5.08. The molecule has 1 aromatic rings. The highest BCUT2D eigenvalue weighted by atomic mass is 16.5. The van der Waals surface area contributed by atoms with E-state index >= 15 is 0 Å². The van der Waals surface area contributed by atoms with Crippen LogP contribution >= 0.6 is 0 Å². The van der Waals surface area contributed by atoms with E-state index in [1.54, 1.807) is 18.2 Å². The summed E-state index contributed by atoms with van der Waals surface area (Å²) in [4.78, 5) is 21.4. The molecule has 3 N–H and O–H groups in total. The van der Waals surface area contributed by atoms with Crippen LogP contribution in [0.4, 0.5) is 5.69 Å². The summed E-state index contributed by atoms with van der Waals surface area (Å²) in [5.41, 5.74) is 0.888. The lowest BCUT2D eigenvalue weighted by molar-refractivity contribution is -0.134. The second-order valence-electron chi connectivity index (χ2n) is 3.53. The van der Waals surface area contributed by atoms with Gasteiger partial charge in [-0.3, -0.25) is 0 Å². The molecule has 0 saturated carbocycles. The molecular weight excluding hydrogens is 238 g/mol. The van der Waals surface area contributed by atoms with E-state index in [4.69, 9.17) is 14.9 Å². The van der Waals surface area contributed by atoms with Gasteiger partial charge in [0.25, 0.3) is 0 Å². The van der Waals surface area contributed by atoms with Crippen molar-refractivity contribution in [1.29, 1.82) is 0 Å². The monoisotopic (exact) mass is 251 g/mol. The van der Waals surface area contributed by atoms with Crippen LogP contribution in [0.5, 0.6) is 5.75 Å². The topological polar surface area (TPSA) is 95.9 Å². The summed E-state index contributed by atoms with van der Waals surface area (Å²) in [7, 11) is 1.45. The smallest absolute Gasteiger partial charge is 0.352 e. The average molecular weight is 251 g/mol. The zero-order valence-corrected chi connectivity index (χ0v) is 9.93. The number of nitrogens with one attached hydrogen (secondary N) is 1. The van der Waals surface area contributed by atoms with Crippen molar-refractivity contribution in [3.8, 4) is 5.75 Å². The number of anilines is 1. The second kappa shape index (κ2) is 5.72. The van der Waals surface area contributed by atoms with Crippen LogP contribution in [0.25, 0.3) is 0 Å². The lowest BCUT2D eigenvalue weighted by Crippen LogP contribution is -2.13. The first-order valence-electron chi connectivity index (χ1n) is 5.03. The first kappa shape index (κ1) is 13.6. The SMILES string of the molecule is COc1cc(C)ccc1NC(=CC(=O)O)C(=O)O. The molecule has 18 heavy (non-hydrogen) atoms. The number of aryl methyl sites for hydroxylation is 1. The van der Waals surface area contributed by atoms with E-state index in [1.807, 2.05) is 6.92 Å². The molecule has 0 radical (unpaired) electrons. The van der Waals surface area contributed by atoms with Crippen molar-refractivity contribution in [1.82, 2.24) is 0 Å². The number of hydrogen-bond donors (Lipinski definition) is 3. The van der Waals surface area contributed by atoms with Gasteiger partial charge >= 0.3 is 11.9 Å². The Morgan fingerprint density at radius 1 is 1.33 bits per heavy atom. The van der Waals surface area contributed by atoms with Crippen molar-refractivity contribution in [2.24, 2.45) is 0 Å². The van der Waals surface area contributed by atoms with Gasteiger partial charge in [0.15, 0.2) is 0 Å². The number of carboxylic acids is 2. The highest BCUT2D eigenvalue weighted by Crippen LogP contribution is 2.26. The van der Waals surface area contributed by atoms with Crippen LogP contribution < -0.4 is 10.1 Å². The third-order valence-electron chi connectivity index (χ3n) is 2.12. The van der Waals surface area contributed by atoms with Gasteiger partial charge in [0, 0.05) is 0 Å². The molecule has 0 saturated heterocycles. The van der Waals surface area contributed by atoms with Crippen molar-refractivity contribution in [3.05, 3.63) is 35.5 Å². The highest BCUT2D eigenvalue weighted by Gasteiger charge is 2.12. The fourth-order valence-electron chi connectivity index (χ4n) is 1.32. The van der Waals surface area contributed by atoms with Gasteiger partial charge in [-0.1, -0.05) is 6.07 Å². The molecule has 0 bridgehead atoms. The Morgan fingerprint density at radius 3 is 2.50 bits per heavy atom. The number of hydrogen-bond acceptors (Lipinski definition) is 4. The fourth-order valence-corrected chi connectivity index (χ4v) is 1.32. The number of rotatable bonds is 5. The number of aliphatic carboxylic acids is 2. The lowest BCUT2D eigenvalue weighted by Gasteiger charge is -2.11. The molecule has 0 aliphatic heterocycles. The van der Waals surface area contributed by atoms with Crippen molar-refractivity contribution >= 4 is 17.6 Å². The summed E-state index contributed by atoms with van der Waals surface area (Å²) in [5, 5.41) is 19.9. The van der Waals surface area contributed by atoms with Crippen LogP contribution in [0.15, 0.2) is 30.0 Å². The first-order chi connectivity index (χ1) is 8.43. The molecule has 6 nitrogen and oxygen atoms in total. The van der Waals surface area contributed by atoms with Crippen LogP contribution in [0.1, 0.15) is 5.56 Å². The lowest BCUT2D eigenvalue weighted by atomic mass is 10.2. The zero-order valence-electron chi connectivity index (χ0n) is 9.93. The molecule has 0 fully saturated rings. The van der Waals surface area contributed by atoms with Crippen LogP contribution in [0, 0.1) is 6.92 Å². The van der Waals surface area contributed by atoms with Gasteiger partial charge in [-0.2, -0.15) is 0 Å². The van der Waals surface area contributed by atoms with Gasteiger partial charge in [-0.05, 0) is 24.6 Å². The Balaban J connectivity index is 3.08. The van der Waals surface area contributed by atoms with Crippen molar-refractivity contribution in [2.45, 2.75) is 6.92 Å². The molecule has 0 amide bonds. The number of carbonyl (C=O) groups is 2. The Kier molecular flexibility index (Phi) is 4.31. The van der Waals surface area contributed by atoms with E-state index in [2.05, 4.69) is 5.32 Å². The summed E-state index contributed by atoms with van der Waals surface area (Å²) >= 11 is 0. The predicted octanol–water partition coefficient (Wildman–Crippen LogP) is 1.47. The largest absolute Gasteiger partial charge is 0.495 e. The van der Waals surface area contributed by atoms with Gasteiger partial charge in [-0.25, -0.2) is 9.59 Å². The summed E-state index contributed by atoms with van der Waals surface area (Å²) in [5.74, 6) is -2.27. The molecular formula is C12H13NO5. The summed E-state index contributed by atoms with van der Waals surface area (Å²) in [6.07, 6.45) is 0.585. The Morgan fingerprint density at radius 2 is 2.00 bits per heavy atom. The van der Waals surface area contributed by atoms with Crippen LogP contribution in [0.3, 0.4) is 0 Å². The maximum absolute atomic E-state index is 10.9. The van der Waals surface area contributed by atoms with Crippen LogP contribution in [-0.2, 0) is 9.59 Å². The second-order valence-corrected chi connectivity index (χ2v) is 3.53. The molecule has 96 valence electrons. The highest BCUT2D eigenvalue weighted by molar-refractivity contribution is 5.97. The predicted molar refractivity (Wildman–Crippen MR) is 64.7 cm³/mol. The van der Waals surface area contributed by atoms with E-state index in [9.17, 15) is 9.59 Å². The van der Waals surface area contributed by atoms with Gasteiger partial charge < -0.3 is 20.3 Å². The molecule has 1 aromatic carbocycles. The van der Waals surface area contributed by atoms with Gasteiger partial charge in [0.2, 0.25) is 0 Å². The average Bonchev–Trinajstić information content (AvgIpc) is 2.29. The van der Waals surface area contributed by atoms with Crippen molar-refractivity contribution in [3.63, 3.8) is 0 Å². The molecule has 0 spiro atoms. The maximum atomic E-state index is 10.9. The van der Waals surface area contributed by atoms with Crippen LogP contribution in [0.2, 0.25) is 0 Å². The third-order valence-corrected chi connectivity index (χ3v) is 2.12. The van der Waals surface area contributed by atoms with E-state index < -0.39 is 17.6 Å². The minimum absolute atomic E-state index is 0.387. The van der Waals surface area contributed by atoms with Gasteiger partial charge in [0.1, 0.15) is 11.4 Å². The molecule has 0 aliphatic carbocycles. The molecule has 6 heteroatoms. The normalized spacial score (nSPS) is 10.9.